The van der Waals surface area contributed by atoms with Crippen molar-refractivity contribution in [2.45, 2.75) is 39.0 Å². The molecule has 0 spiro atoms. The Kier molecular flexibility index (Phi) is 5.27. The van der Waals surface area contributed by atoms with Crippen molar-refractivity contribution >= 4 is 25.1 Å². The topological polar surface area (TPSA) is 0 Å². The molecule has 14 heavy (non-hydrogen) atoms. The van der Waals surface area contributed by atoms with Gasteiger partial charge in [-0.1, -0.05) is 51.0 Å². The summed E-state index contributed by atoms with van der Waals surface area (Å²) in [4.78, 5) is 0. The highest BCUT2D eigenvalue weighted by Gasteiger charge is 2.09. The van der Waals surface area contributed by atoms with Gasteiger partial charge in [-0.25, -0.2) is 0 Å². The molecule has 0 aromatic heterocycles. The number of halogens is 1. The number of hydrogen-bond donors (Lipinski definition) is 0. The smallest absolute Gasteiger partial charge is 0.165 e. The van der Waals surface area contributed by atoms with Gasteiger partial charge in [-0.2, -0.15) is 11.1 Å². The minimum Gasteiger partial charge on any atom is -0.165 e. The molecule has 0 saturated carbocycles. The Balaban J connectivity index is 2.72. The van der Waals surface area contributed by atoms with Gasteiger partial charge in [-0.15, -0.1) is 0 Å². The lowest BCUT2D eigenvalue weighted by Crippen LogP contribution is -2.16. The number of benzene rings is 1. The third kappa shape index (κ3) is 3.14. The van der Waals surface area contributed by atoms with Crippen LogP contribution in [0.3, 0.4) is 0 Å². The van der Waals surface area contributed by atoms with Crippen molar-refractivity contribution in [1.82, 2.24) is 0 Å². The minimum atomic E-state index is 0.399. The average molecular weight is 225 g/mol. The van der Waals surface area contributed by atoms with E-state index in [0.29, 0.717) is 14.7 Å². The molecule has 0 aliphatic carbocycles. The van der Waals surface area contributed by atoms with Crippen LogP contribution in [0.25, 0.3) is 0 Å². The maximum Gasteiger partial charge on any atom is 0.210 e. The van der Waals surface area contributed by atoms with Crippen LogP contribution in [0.15, 0.2) is 24.3 Å². The number of hydrogen-bond acceptors (Lipinski definition) is 0. The summed E-state index contributed by atoms with van der Waals surface area (Å²) in [7, 11) is 0.399. The molecule has 0 amide bonds. The molecule has 0 saturated heterocycles. The molecule has 1 aromatic rings. The van der Waals surface area contributed by atoms with Crippen molar-refractivity contribution in [2.75, 3.05) is 0 Å². The summed E-state index contributed by atoms with van der Waals surface area (Å²) in [6.45, 7) is 4.54. The summed E-state index contributed by atoms with van der Waals surface area (Å²) in [6, 6.07) is 8.54. The third-order valence-corrected chi connectivity index (χ3v) is 3.85. The normalized spacial score (nSPS) is 12.8. The van der Waals surface area contributed by atoms with E-state index in [1.54, 1.807) is 0 Å². The van der Waals surface area contributed by atoms with Gasteiger partial charge in [-0.3, -0.25) is 0 Å². The van der Waals surface area contributed by atoms with Crippen LogP contribution in [0.2, 0.25) is 0 Å². The number of unbranched alkanes of at least 4 members (excludes halogenated alkanes) is 1. The molecule has 1 atom stereocenters. The first-order valence-electron chi connectivity index (χ1n) is 5.25. The molecule has 0 heterocycles. The summed E-state index contributed by atoms with van der Waals surface area (Å²) >= 11 is 5.94. The molecule has 1 rings (SSSR count). The van der Waals surface area contributed by atoms with E-state index in [2.05, 4.69) is 38.1 Å². The van der Waals surface area contributed by atoms with Crippen LogP contribution < -0.4 is 5.19 Å². The SMILES string of the molecule is CCCCC(C)c1ccccc1[Si]Cl. The van der Waals surface area contributed by atoms with Gasteiger partial charge in [0, 0.05) is 0 Å². The molecule has 76 valence electrons. The van der Waals surface area contributed by atoms with Crippen molar-refractivity contribution < 1.29 is 0 Å². The van der Waals surface area contributed by atoms with Gasteiger partial charge in [0.2, 0.25) is 8.83 Å². The largest absolute Gasteiger partial charge is 0.210 e. The molecule has 0 aliphatic rings. The lowest BCUT2D eigenvalue weighted by Gasteiger charge is -2.14. The maximum atomic E-state index is 5.94. The molecule has 0 fully saturated rings. The van der Waals surface area contributed by atoms with E-state index < -0.39 is 0 Å². The van der Waals surface area contributed by atoms with Gasteiger partial charge in [-0.05, 0) is 23.1 Å². The standard InChI is InChI=1S/C12H17ClSi/c1-3-4-7-10(2)11-8-5-6-9-12(11)14-13/h5-6,8-10H,3-4,7H2,1-2H3. The predicted octanol–water partition coefficient (Wildman–Crippen LogP) is 3.46. The van der Waals surface area contributed by atoms with E-state index in [4.69, 9.17) is 11.1 Å². The zero-order chi connectivity index (χ0) is 10.4. The second-order valence-corrected chi connectivity index (χ2v) is 5.02. The van der Waals surface area contributed by atoms with E-state index in [9.17, 15) is 0 Å². The first-order chi connectivity index (χ1) is 6.79. The van der Waals surface area contributed by atoms with E-state index in [0.717, 1.165) is 0 Å². The van der Waals surface area contributed by atoms with Crippen LogP contribution >= 0.6 is 11.1 Å². The molecule has 0 N–H and O–H groups in total. The maximum absolute atomic E-state index is 5.94. The van der Waals surface area contributed by atoms with Gasteiger partial charge < -0.3 is 0 Å². The Labute approximate surface area is 94.2 Å². The van der Waals surface area contributed by atoms with E-state index in [1.807, 2.05) is 0 Å². The van der Waals surface area contributed by atoms with Crippen molar-refractivity contribution in [3.8, 4) is 0 Å². The van der Waals surface area contributed by atoms with E-state index in [1.165, 1.54) is 30.0 Å². The summed E-state index contributed by atoms with van der Waals surface area (Å²) < 4.78 is 0. The molecular formula is C12H17ClSi. The van der Waals surface area contributed by atoms with Crippen molar-refractivity contribution in [2.24, 2.45) is 0 Å². The predicted molar refractivity (Wildman–Crippen MR) is 65.6 cm³/mol. The van der Waals surface area contributed by atoms with Crippen LogP contribution in [0.4, 0.5) is 0 Å². The Hall–Kier alpha value is -0.273. The molecule has 1 unspecified atom stereocenters. The monoisotopic (exact) mass is 224 g/mol. The highest BCUT2D eigenvalue weighted by molar-refractivity contribution is 7.01. The summed E-state index contributed by atoms with van der Waals surface area (Å²) in [5.74, 6) is 0.650. The van der Waals surface area contributed by atoms with E-state index in [-0.39, 0.29) is 0 Å². The molecule has 2 radical (unpaired) electrons. The minimum absolute atomic E-state index is 0.399. The molecule has 0 aliphatic heterocycles. The van der Waals surface area contributed by atoms with Gasteiger partial charge in [0.1, 0.15) is 0 Å². The molecular weight excluding hydrogens is 208 g/mol. The fraction of sp³-hybridized carbons (Fsp3) is 0.500. The lowest BCUT2D eigenvalue weighted by atomic mass is 9.95. The summed E-state index contributed by atoms with van der Waals surface area (Å²) in [5, 5.41) is 1.32. The fourth-order valence-corrected chi connectivity index (χ4v) is 2.79. The van der Waals surface area contributed by atoms with Crippen LogP contribution in [0, 0.1) is 0 Å². The van der Waals surface area contributed by atoms with Crippen LogP contribution in [0.1, 0.15) is 44.6 Å². The van der Waals surface area contributed by atoms with Crippen LogP contribution in [-0.2, 0) is 0 Å². The zero-order valence-corrected chi connectivity index (χ0v) is 10.6. The summed E-state index contributed by atoms with van der Waals surface area (Å²) in [5.41, 5.74) is 1.44. The van der Waals surface area contributed by atoms with Crippen LogP contribution in [0.5, 0.6) is 0 Å². The van der Waals surface area contributed by atoms with Crippen molar-refractivity contribution in [3.05, 3.63) is 29.8 Å². The fourth-order valence-electron chi connectivity index (χ4n) is 1.68. The zero-order valence-electron chi connectivity index (χ0n) is 8.89. The Bertz CT molecular complexity index is 273. The molecule has 0 nitrogen and oxygen atoms in total. The second kappa shape index (κ2) is 6.26. The van der Waals surface area contributed by atoms with Gasteiger partial charge >= 0.3 is 0 Å². The third-order valence-electron chi connectivity index (χ3n) is 2.58. The van der Waals surface area contributed by atoms with Crippen molar-refractivity contribution in [3.63, 3.8) is 0 Å². The van der Waals surface area contributed by atoms with Gasteiger partial charge in [0.05, 0.1) is 0 Å². The average Bonchev–Trinajstić information content (AvgIpc) is 2.25. The highest BCUT2D eigenvalue weighted by atomic mass is 35.6. The molecule has 2 heteroatoms. The van der Waals surface area contributed by atoms with Gasteiger partial charge in [0.25, 0.3) is 0 Å². The molecule has 1 aromatic carbocycles. The quantitative estimate of drug-likeness (QED) is 0.531. The second-order valence-electron chi connectivity index (χ2n) is 3.73. The van der Waals surface area contributed by atoms with Gasteiger partial charge in [0.15, 0.2) is 0 Å². The van der Waals surface area contributed by atoms with E-state index >= 15 is 0 Å². The first-order valence-corrected chi connectivity index (χ1v) is 7.26. The Morgan fingerprint density at radius 2 is 2.07 bits per heavy atom. The first kappa shape index (κ1) is 11.8. The van der Waals surface area contributed by atoms with Crippen molar-refractivity contribution in [1.29, 1.82) is 0 Å². The highest BCUT2D eigenvalue weighted by Crippen LogP contribution is 2.19. The van der Waals surface area contributed by atoms with Crippen LogP contribution in [-0.4, -0.2) is 8.83 Å². The lowest BCUT2D eigenvalue weighted by molar-refractivity contribution is 0.626. The Morgan fingerprint density at radius 1 is 1.36 bits per heavy atom. The summed E-state index contributed by atoms with van der Waals surface area (Å²) in [6.07, 6.45) is 3.85. The molecule has 0 bridgehead atoms. The Morgan fingerprint density at radius 3 is 2.71 bits per heavy atom. The number of rotatable bonds is 5.